The Labute approximate surface area is 131 Å². The van der Waals surface area contributed by atoms with E-state index in [2.05, 4.69) is 37.6 Å². The first kappa shape index (κ1) is 15.2. The third-order valence-electron chi connectivity index (χ3n) is 3.06. The number of carbonyl (C=O) groups excluding carboxylic acids is 1. The summed E-state index contributed by atoms with van der Waals surface area (Å²) in [6, 6.07) is 11.7. The van der Waals surface area contributed by atoms with Gasteiger partial charge in [-0.25, -0.2) is 0 Å². The van der Waals surface area contributed by atoms with Crippen molar-refractivity contribution in [2.24, 2.45) is 0 Å². The maximum Gasteiger partial charge on any atom is 0.251 e. The molecule has 2 aromatic rings. The van der Waals surface area contributed by atoms with Gasteiger partial charge in [0.1, 0.15) is 0 Å². The number of carbonyl (C=O) groups is 1. The second-order valence-corrected chi connectivity index (χ2v) is 6.61. The van der Waals surface area contributed by atoms with E-state index in [0.29, 0.717) is 12.1 Å². The first-order valence-corrected chi connectivity index (χ1v) is 7.99. The summed E-state index contributed by atoms with van der Waals surface area (Å²) in [7, 11) is 4.05. The predicted octanol–water partition coefficient (Wildman–Crippen LogP) is 3.54. The number of thiophene rings is 1. The normalized spacial score (nSPS) is 12.4. The lowest BCUT2D eigenvalue weighted by molar-refractivity contribution is 0.0942. The van der Waals surface area contributed by atoms with Crippen molar-refractivity contribution in [3.05, 3.63) is 56.7 Å². The van der Waals surface area contributed by atoms with Crippen molar-refractivity contribution in [3.8, 4) is 0 Å². The average molecular weight is 353 g/mol. The van der Waals surface area contributed by atoms with Gasteiger partial charge in [0, 0.05) is 21.5 Å². The Morgan fingerprint density at radius 3 is 2.55 bits per heavy atom. The fourth-order valence-corrected chi connectivity index (χ4v) is 3.10. The van der Waals surface area contributed by atoms with Crippen LogP contribution in [0.2, 0.25) is 0 Å². The third kappa shape index (κ3) is 3.91. The highest BCUT2D eigenvalue weighted by atomic mass is 79.9. The maximum atomic E-state index is 12.1. The average Bonchev–Trinajstić information content (AvgIpc) is 2.93. The molecule has 0 unspecified atom stereocenters. The lowest BCUT2D eigenvalue weighted by Crippen LogP contribution is -2.34. The van der Waals surface area contributed by atoms with Gasteiger partial charge in [-0.2, -0.15) is 0 Å². The highest BCUT2D eigenvalue weighted by Gasteiger charge is 2.16. The lowest BCUT2D eigenvalue weighted by atomic mass is 10.2. The van der Waals surface area contributed by atoms with E-state index in [9.17, 15) is 4.79 Å². The molecule has 1 aromatic heterocycles. The van der Waals surface area contributed by atoms with Crippen LogP contribution in [-0.2, 0) is 0 Å². The summed E-state index contributed by atoms with van der Waals surface area (Å²) in [5.41, 5.74) is 0.678. The Morgan fingerprint density at radius 1 is 1.30 bits per heavy atom. The van der Waals surface area contributed by atoms with Gasteiger partial charge in [0.15, 0.2) is 0 Å². The standard InChI is InChI=1S/C15H17BrN2OS/c1-18(2)13(14-4-3-9-20-14)10-17-15(19)11-5-7-12(16)8-6-11/h3-9,13H,10H2,1-2H3,(H,17,19)/t13-/m0/s1. The largest absolute Gasteiger partial charge is 0.350 e. The minimum Gasteiger partial charge on any atom is -0.350 e. The van der Waals surface area contributed by atoms with Crippen LogP contribution >= 0.6 is 27.3 Å². The molecule has 20 heavy (non-hydrogen) atoms. The minimum absolute atomic E-state index is 0.0408. The van der Waals surface area contributed by atoms with Gasteiger partial charge in [-0.1, -0.05) is 22.0 Å². The SMILES string of the molecule is CN(C)[C@@H](CNC(=O)c1ccc(Br)cc1)c1cccs1. The monoisotopic (exact) mass is 352 g/mol. The van der Waals surface area contributed by atoms with Gasteiger partial charge in [0.2, 0.25) is 0 Å². The van der Waals surface area contributed by atoms with E-state index in [1.54, 1.807) is 11.3 Å². The predicted molar refractivity (Wildman–Crippen MR) is 87.2 cm³/mol. The van der Waals surface area contributed by atoms with Gasteiger partial charge in [-0.05, 0) is 49.8 Å². The molecule has 0 saturated carbocycles. The molecule has 5 heteroatoms. The number of amides is 1. The van der Waals surface area contributed by atoms with Gasteiger partial charge in [0.25, 0.3) is 5.91 Å². The van der Waals surface area contributed by atoms with Gasteiger partial charge in [-0.3, -0.25) is 4.79 Å². The maximum absolute atomic E-state index is 12.1. The Morgan fingerprint density at radius 2 is 2.00 bits per heavy atom. The number of benzene rings is 1. The fraction of sp³-hybridized carbons (Fsp3) is 0.267. The molecule has 1 amide bonds. The van der Waals surface area contributed by atoms with Crippen molar-refractivity contribution >= 4 is 33.2 Å². The quantitative estimate of drug-likeness (QED) is 0.892. The fourth-order valence-electron chi connectivity index (χ4n) is 1.91. The first-order valence-electron chi connectivity index (χ1n) is 6.31. The van der Waals surface area contributed by atoms with Crippen LogP contribution in [0.15, 0.2) is 46.3 Å². The van der Waals surface area contributed by atoms with Crippen LogP contribution in [0.4, 0.5) is 0 Å². The number of hydrogen-bond acceptors (Lipinski definition) is 3. The van der Waals surface area contributed by atoms with Crippen molar-refractivity contribution in [2.45, 2.75) is 6.04 Å². The van der Waals surface area contributed by atoms with Gasteiger partial charge >= 0.3 is 0 Å². The van der Waals surface area contributed by atoms with Crippen molar-refractivity contribution < 1.29 is 4.79 Å². The molecule has 1 aromatic carbocycles. The molecule has 2 rings (SSSR count). The zero-order valence-corrected chi connectivity index (χ0v) is 13.9. The smallest absolute Gasteiger partial charge is 0.251 e. The summed E-state index contributed by atoms with van der Waals surface area (Å²) in [6.45, 7) is 0.600. The van der Waals surface area contributed by atoms with Crippen LogP contribution in [0, 0.1) is 0 Å². The molecule has 0 spiro atoms. The second-order valence-electron chi connectivity index (χ2n) is 4.71. The molecule has 106 valence electrons. The molecule has 0 aliphatic heterocycles. The summed E-state index contributed by atoms with van der Waals surface area (Å²) in [6.07, 6.45) is 0. The summed E-state index contributed by atoms with van der Waals surface area (Å²) >= 11 is 5.07. The van der Waals surface area contributed by atoms with Gasteiger partial charge in [-0.15, -0.1) is 11.3 Å². The molecule has 1 heterocycles. The summed E-state index contributed by atoms with van der Waals surface area (Å²) in [4.78, 5) is 15.5. The topological polar surface area (TPSA) is 32.3 Å². The van der Waals surface area contributed by atoms with Crippen LogP contribution in [0.25, 0.3) is 0 Å². The Kier molecular flexibility index (Phi) is 5.34. The number of nitrogens with one attached hydrogen (secondary N) is 1. The lowest BCUT2D eigenvalue weighted by Gasteiger charge is -2.23. The van der Waals surface area contributed by atoms with Crippen molar-refractivity contribution in [2.75, 3.05) is 20.6 Å². The third-order valence-corrected chi connectivity index (χ3v) is 4.56. The van der Waals surface area contributed by atoms with E-state index in [4.69, 9.17) is 0 Å². The molecule has 0 aliphatic rings. The Hall–Kier alpha value is -1.17. The Bertz CT molecular complexity index is 552. The molecular weight excluding hydrogens is 336 g/mol. The summed E-state index contributed by atoms with van der Waals surface area (Å²) < 4.78 is 0.971. The number of rotatable bonds is 5. The highest BCUT2D eigenvalue weighted by Crippen LogP contribution is 2.22. The van der Waals surface area contributed by atoms with E-state index in [1.165, 1.54) is 4.88 Å². The molecule has 0 aliphatic carbocycles. The molecule has 1 atom stereocenters. The van der Waals surface area contributed by atoms with Crippen molar-refractivity contribution in [3.63, 3.8) is 0 Å². The van der Waals surface area contributed by atoms with Crippen molar-refractivity contribution in [1.82, 2.24) is 10.2 Å². The number of halogens is 1. The molecule has 0 bridgehead atoms. The van der Waals surface area contributed by atoms with Crippen LogP contribution in [0.5, 0.6) is 0 Å². The Balaban J connectivity index is 1.99. The number of likely N-dealkylation sites (N-methyl/N-ethyl adjacent to an activating group) is 1. The second kappa shape index (κ2) is 7.02. The van der Waals surface area contributed by atoms with E-state index < -0.39 is 0 Å². The molecule has 0 fully saturated rings. The van der Waals surface area contributed by atoms with E-state index >= 15 is 0 Å². The number of hydrogen-bond donors (Lipinski definition) is 1. The van der Waals surface area contributed by atoms with Crippen LogP contribution in [0.1, 0.15) is 21.3 Å². The van der Waals surface area contributed by atoms with Crippen molar-refractivity contribution in [1.29, 1.82) is 0 Å². The molecule has 0 radical (unpaired) electrons. The molecule has 1 N–H and O–H groups in total. The van der Waals surface area contributed by atoms with Gasteiger partial charge < -0.3 is 10.2 Å². The first-order chi connectivity index (χ1) is 9.58. The molecule has 3 nitrogen and oxygen atoms in total. The van der Waals surface area contributed by atoms with Crippen LogP contribution in [0.3, 0.4) is 0 Å². The molecule has 0 saturated heterocycles. The van der Waals surface area contributed by atoms with Gasteiger partial charge in [0.05, 0.1) is 6.04 Å². The highest BCUT2D eigenvalue weighted by molar-refractivity contribution is 9.10. The molecular formula is C15H17BrN2OS. The van der Waals surface area contributed by atoms with E-state index in [-0.39, 0.29) is 11.9 Å². The minimum atomic E-state index is -0.0408. The zero-order chi connectivity index (χ0) is 14.5. The summed E-state index contributed by atoms with van der Waals surface area (Å²) in [5.74, 6) is -0.0408. The number of nitrogens with zero attached hydrogens (tertiary/aromatic N) is 1. The summed E-state index contributed by atoms with van der Waals surface area (Å²) in [5, 5.41) is 5.06. The van der Waals surface area contributed by atoms with Crippen LogP contribution in [-0.4, -0.2) is 31.4 Å². The zero-order valence-electron chi connectivity index (χ0n) is 11.5. The van der Waals surface area contributed by atoms with E-state index in [1.807, 2.05) is 44.4 Å². The van der Waals surface area contributed by atoms with E-state index in [0.717, 1.165) is 4.47 Å². The van der Waals surface area contributed by atoms with Crippen LogP contribution < -0.4 is 5.32 Å².